The van der Waals surface area contributed by atoms with Crippen LogP contribution in [0.4, 0.5) is 5.69 Å². The van der Waals surface area contributed by atoms with Crippen LogP contribution in [-0.4, -0.2) is 25.4 Å². The minimum atomic E-state index is -0.0273. The van der Waals surface area contributed by atoms with Crippen LogP contribution in [0.1, 0.15) is 17.8 Å². The number of benzene rings is 1. The molecule has 0 aliphatic heterocycles. The van der Waals surface area contributed by atoms with Gasteiger partial charge < -0.3 is 19.9 Å². The minimum absolute atomic E-state index is 0.0273. The quantitative estimate of drug-likeness (QED) is 0.770. The van der Waals surface area contributed by atoms with Crippen molar-refractivity contribution in [2.75, 3.05) is 25.6 Å². The third-order valence-electron chi connectivity index (χ3n) is 2.92. The van der Waals surface area contributed by atoms with Gasteiger partial charge in [0.25, 0.3) is 0 Å². The smallest absolute Gasteiger partial charge is 0.163 e. The lowest BCUT2D eigenvalue weighted by Gasteiger charge is -2.16. The summed E-state index contributed by atoms with van der Waals surface area (Å²) in [6.07, 6.45) is 0. The Balaban J connectivity index is 2.12. The van der Waals surface area contributed by atoms with Crippen molar-refractivity contribution in [2.24, 2.45) is 0 Å². The SMILES string of the molecule is COc1ccc(NC(C)c2ccc(Br)s2)cc1OCCO. The molecule has 6 heteroatoms. The zero-order valence-corrected chi connectivity index (χ0v) is 14.3. The number of hydrogen-bond donors (Lipinski definition) is 2. The van der Waals surface area contributed by atoms with Gasteiger partial charge in [-0.05, 0) is 47.1 Å². The Morgan fingerprint density at radius 2 is 2.10 bits per heavy atom. The van der Waals surface area contributed by atoms with Crippen LogP contribution in [0.2, 0.25) is 0 Å². The summed E-state index contributed by atoms with van der Waals surface area (Å²) < 4.78 is 11.9. The normalized spacial score (nSPS) is 12.0. The number of hydrogen-bond acceptors (Lipinski definition) is 5. The van der Waals surface area contributed by atoms with Crippen molar-refractivity contribution in [3.05, 3.63) is 39.0 Å². The Morgan fingerprint density at radius 3 is 2.71 bits per heavy atom. The lowest BCUT2D eigenvalue weighted by molar-refractivity contribution is 0.196. The fraction of sp³-hybridized carbons (Fsp3) is 0.333. The number of methoxy groups -OCH3 is 1. The van der Waals surface area contributed by atoms with Crippen LogP contribution < -0.4 is 14.8 Å². The van der Waals surface area contributed by atoms with E-state index in [1.807, 2.05) is 24.3 Å². The number of thiophene rings is 1. The summed E-state index contributed by atoms with van der Waals surface area (Å²) in [4.78, 5) is 1.25. The number of halogens is 1. The highest BCUT2D eigenvalue weighted by Gasteiger charge is 2.10. The largest absolute Gasteiger partial charge is 0.493 e. The summed E-state index contributed by atoms with van der Waals surface area (Å²) in [5.74, 6) is 1.27. The van der Waals surface area contributed by atoms with Gasteiger partial charge in [0.2, 0.25) is 0 Å². The van der Waals surface area contributed by atoms with Gasteiger partial charge in [0.05, 0.1) is 23.5 Å². The fourth-order valence-corrected chi connectivity index (χ4v) is 3.34. The Labute approximate surface area is 136 Å². The highest BCUT2D eigenvalue weighted by Crippen LogP contribution is 2.33. The van der Waals surface area contributed by atoms with Gasteiger partial charge in [-0.15, -0.1) is 11.3 Å². The molecule has 1 heterocycles. The van der Waals surface area contributed by atoms with Crippen molar-refractivity contribution >= 4 is 33.0 Å². The Bertz CT molecular complexity index is 588. The first kappa shape index (κ1) is 16.1. The summed E-state index contributed by atoms with van der Waals surface area (Å²) in [5, 5.41) is 12.3. The molecule has 2 N–H and O–H groups in total. The molecule has 0 saturated carbocycles. The van der Waals surface area contributed by atoms with Crippen molar-refractivity contribution in [3.8, 4) is 11.5 Å². The Kier molecular flexibility index (Phi) is 5.90. The third-order valence-corrected chi connectivity index (χ3v) is 4.72. The number of anilines is 1. The summed E-state index contributed by atoms with van der Waals surface area (Å²) >= 11 is 5.18. The van der Waals surface area contributed by atoms with Crippen molar-refractivity contribution < 1.29 is 14.6 Å². The molecule has 2 rings (SSSR count). The maximum absolute atomic E-state index is 8.87. The van der Waals surface area contributed by atoms with Crippen molar-refractivity contribution in [1.82, 2.24) is 0 Å². The standard InChI is InChI=1S/C15H18BrNO3S/c1-10(14-5-6-15(16)21-14)17-11-3-4-12(19-2)13(9-11)20-8-7-18/h3-6,9-10,17-18H,7-8H2,1-2H3. The third kappa shape index (κ3) is 4.36. The monoisotopic (exact) mass is 371 g/mol. The van der Waals surface area contributed by atoms with E-state index in [1.54, 1.807) is 18.4 Å². The molecule has 0 saturated heterocycles. The maximum atomic E-state index is 8.87. The molecule has 1 atom stereocenters. The van der Waals surface area contributed by atoms with Crippen molar-refractivity contribution in [3.63, 3.8) is 0 Å². The van der Waals surface area contributed by atoms with Gasteiger partial charge >= 0.3 is 0 Å². The first-order valence-corrected chi connectivity index (χ1v) is 8.18. The van der Waals surface area contributed by atoms with E-state index in [9.17, 15) is 0 Å². The van der Waals surface area contributed by atoms with E-state index >= 15 is 0 Å². The van der Waals surface area contributed by atoms with Crippen LogP contribution in [0, 0.1) is 0 Å². The maximum Gasteiger partial charge on any atom is 0.163 e. The van der Waals surface area contributed by atoms with Crippen LogP contribution in [0.15, 0.2) is 34.1 Å². The molecule has 4 nitrogen and oxygen atoms in total. The second-order valence-electron chi connectivity index (χ2n) is 4.45. The van der Waals surface area contributed by atoms with Gasteiger partial charge in [0.1, 0.15) is 6.61 Å². The molecule has 0 bridgehead atoms. The summed E-state index contributed by atoms with van der Waals surface area (Å²) in [7, 11) is 1.60. The highest BCUT2D eigenvalue weighted by molar-refractivity contribution is 9.11. The van der Waals surface area contributed by atoms with Gasteiger partial charge in [-0.1, -0.05) is 0 Å². The van der Waals surface area contributed by atoms with Gasteiger partial charge in [-0.2, -0.15) is 0 Å². The molecular weight excluding hydrogens is 354 g/mol. The number of aliphatic hydroxyl groups is 1. The van der Waals surface area contributed by atoms with Crippen LogP contribution in [0.25, 0.3) is 0 Å². The average Bonchev–Trinajstić information content (AvgIpc) is 2.92. The average molecular weight is 372 g/mol. The van der Waals surface area contributed by atoms with E-state index in [0.717, 1.165) is 9.47 Å². The second kappa shape index (κ2) is 7.68. The van der Waals surface area contributed by atoms with E-state index in [2.05, 4.69) is 34.2 Å². The lowest BCUT2D eigenvalue weighted by atomic mass is 10.2. The molecular formula is C15H18BrNO3S. The molecule has 0 radical (unpaired) electrons. The molecule has 0 amide bonds. The molecule has 1 aromatic heterocycles. The molecule has 0 aliphatic rings. The molecule has 0 fully saturated rings. The Hall–Kier alpha value is -1.24. The first-order chi connectivity index (χ1) is 10.1. The Morgan fingerprint density at radius 1 is 1.29 bits per heavy atom. The van der Waals surface area contributed by atoms with Gasteiger partial charge in [0, 0.05) is 16.6 Å². The number of aliphatic hydroxyl groups excluding tert-OH is 1. The van der Waals surface area contributed by atoms with Gasteiger partial charge in [-0.25, -0.2) is 0 Å². The zero-order chi connectivity index (χ0) is 15.2. The molecule has 1 unspecified atom stereocenters. The zero-order valence-electron chi connectivity index (χ0n) is 11.9. The van der Waals surface area contributed by atoms with Crippen LogP contribution in [0.3, 0.4) is 0 Å². The predicted octanol–water partition coefficient (Wildman–Crippen LogP) is 4.06. The summed E-state index contributed by atoms with van der Waals surface area (Å²) in [6.45, 7) is 2.32. The van der Waals surface area contributed by atoms with Crippen LogP contribution in [-0.2, 0) is 0 Å². The van der Waals surface area contributed by atoms with Crippen molar-refractivity contribution in [2.45, 2.75) is 13.0 Å². The first-order valence-electron chi connectivity index (χ1n) is 6.57. The molecule has 2 aromatic rings. The van der Waals surface area contributed by atoms with Crippen molar-refractivity contribution in [1.29, 1.82) is 0 Å². The van der Waals surface area contributed by atoms with E-state index in [-0.39, 0.29) is 19.3 Å². The molecule has 21 heavy (non-hydrogen) atoms. The van der Waals surface area contributed by atoms with E-state index in [0.29, 0.717) is 11.5 Å². The molecule has 1 aromatic carbocycles. The van der Waals surface area contributed by atoms with Gasteiger partial charge in [0.15, 0.2) is 11.5 Å². The fourth-order valence-electron chi connectivity index (χ4n) is 1.92. The lowest BCUT2D eigenvalue weighted by Crippen LogP contribution is -2.06. The molecule has 0 aliphatic carbocycles. The second-order valence-corrected chi connectivity index (χ2v) is 6.94. The number of nitrogens with one attached hydrogen (secondary N) is 1. The molecule has 114 valence electrons. The topological polar surface area (TPSA) is 50.7 Å². The van der Waals surface area contributed by atoms with Crippen LogP contribution in [0.5, 0.6) is 11.5 Å². The van der Waals surface area contributed by atoms with Gasteiger partial charge in [-0.3, -0.25) is 0 Å². The van der Waals surface area contributed by atoms with E-state index in [4.69, 9.17) is 14.6 Å². The predicted molar refractivity (Wildman–Crippen MR) is 89.6 cm³/mol. The molecule has 0 spiro atoms. The summed E-state index contributed by atoms with van der Waals surface area (Å²) in [6, 6.07) is 10.0. The van der Waals surface area contributed by atoms with Crippen LogP contribution >= 0.6 is 27.3 Å². The summed E-state index contributed by atoms with van der Waals surface area (Å²) in [5.41, 5.74) is 0.945. The van der Waals surface area contributed by atoms with E-state index in [1.165, 1.54) is 4.88 Å². The number of rotatable bonds is 7. The number of ether oxygens (including phenoxy) is 2. The highest BCUT2D eigenvalue weighted by atomic mass is 79.9. The van der Waals surface area contributed by atoms with E-state index < -0.39 is 0 Å². The minimum Gasteiger partial charge on any atom is -0.493 e.